The highest BCUT2D eigenvalue weighted by atomic mass is 15.3. The van der Waals surface area contributed by atoms with Gasteiger partial charge in [-0.2, -0.15) is 5.10 Å². The summed E-state index contributed by atoms with van der Waals surface area (Å²) in [5.41, 5.74) is 2.48. The quantitative estimate of drug-likeness (QED) is 0.847. The molecule has 0 saturated carbocycles. The molecule has 18 heavy (non-hydrogen) atoms. The predicted molar refractivity (Wildman–Crippen MR) is 72.3 cm³/mol. The van der Waals surface area contributed by atoms with E-state index in [1.54, 1.807) is 6.20 Å². The third kappa shape index (κ3) is 2.96. The summed E-state index contributed by atoms with van der Waals surface area (Å²) in [6.07, 6.45) is 7.63. The van der Waals surface area contributed by atoms with E-state index < -0.39 is 0 Å². The van der Waals surface area contributed by atoms with E-state index in [0.717, 1.165) is 19.4 Å². The Kier molecular flexibility index (Phi) is 4.47. The molecule has 4 nitrogen and oxygen atoms in total. The fourth-order valence-electron chi connectivity index (χ4n) is 2.15. The largest absolute Gasteiger partial charge is 0.311 e. The maximum Gasteiger partial charge on any atom is 0.0556 e. The van der Waals surface area contributed by atoms with Gasteiger partial charge in [0.05, 0.1) is 11.7 Å². The summed E-state index contributed by atoms with van der Waals surface area (Å²) in [5, 5.41) is 7.74. The minimum absolute atomic E-state index is 0.281. The lowest BCUT2D eigenvalue weighted by atomic mass is 10.1. The lowest BCUT2D eigenvalue weighted by Gasteiger charge is -2.17. The second kappa shape index (κ2) is 6.31. The molecule has 2 aromatic rings. The highest BCUT2D eigenvalue weighted by Gasteiger charge is 2.14. The van der Waals surface area contributed by atoms with Crippen molar-refractivity contribution in [2.75, 3.05) is 7.05 Å². The normalized spacial score (nSPS) is 12.6. The van der Waals surface area contributed by atoms with Gasteiger partial charge in [-0.05, 0) is 37.6 Å². The van der Waals surface area contributed by atoms with Crippen molar-refractivity contribution in [3.05, 3.63) is 48.0 Å². The maximum absolute atomic E-state index is 4.38. The molecule has 4 heteroatoms. The standard InChI is InChI=1S/C14H20N4/c1-3-9-18-14(6-8-17-18)13(15-2)10-12-5-4-7-16-11-12/h4-8,11,13,15H,3,9-10H2,1-2H3. The molecule has 0 spiro atoms. The maximum atomic E-state index is 4.38. The van der Waals surface area contributed by atoms with Gasteiger partial charge in [0.1, 0.15) is 0 Å². The van der Waals surface area contributed by atoms with Crippen molar-refractivity contribution in [3.8, 4) is 0 Å². The first-order chi connectivity index (χ1) is 8.85. The Morgan fingerprint density at radius 2 is 2.22 bits per heavy atom. The van der Waals surface area contributed by atoms with Crippen molar-refractivity contribution in [2.24, 2.45) is 0 Å². The monoisotopic (exact) mass is 244 g/mol. The van der Waals surface area contributed by atoms with Crippen LogP contribution in [0.25, 0.3) is 0 Å². The van der Waals surface area contributed by atoms with Gasteiger partial charge in [0, 0.05) is 25.1 Å². The Morgan fingerprint density at radius 3 is 2.89 bits per heavy atom. The van der Waals surface area contributed by atoms with E-state index in [0.29, 0.717) is 0 Å². The Labute approximate surface area is 108 Å². The van der Waals surface area contributed by atoms with Gasteiger partial charge in [-0.1, -0.05) is 13.0 Å². The molecule has 0 aromatic carbocycles. The van der Waals surface area contributed by atoms with Crippen molar-refractivity contribution in [1.29, 1.82) is 0 Å². The molecule has 0 aliphatic rings. The molecule has 2 aromatic heterocycles. The first-order valence-electron chi connectivity index (χ1n) is 6.43. The summed E-state index contributed by atoms with van der Waals surface area (Å²) < 4.78 is 2.08. The molecule has 0 radical (unpaired) electrons. The molecule has 1 atom stereocenters. The number of aromatic nitrogens is 3. The van der Waals surface area contributed by atoms with Crippen molar-refractivity contribution >= 4 is 0 Å². The Hall–Kier alpha value is -1.68. The molecule has 0 saturated heterocycles. The lowest BCUT2D eigenvalue weighted by molar-refractivity contribution is 0.496. The summed E-state index contributed by atoms with van der Waals surface area (Å²) in [4.78, 5) is 4.16. The minimum atomic E-state index is 0.281. The lowest BCUT2D eigenvalue weighted by Crippen LogP contribution is -2.22. The summed E-state index contributed by atoms with van der Waals surface area (Å²) in [6, 6.07) is 6.46. The number of pyridine rings is 1. The molecule has 0 fully saturated rings. The van der Waals surface area contributed by atoms with Crippen LogP contribution in [0.4, 0.5) is 0 Å². The predicted octanol–water partition coefficient (Wildman–Crippen LogP) is 2.19. The highest BCUT2D eigenvalue weighted by Crippen LogP contribution is 2.17. The Balaban J connectivity index is 2.15. The molecule has 0 aliphatic carbocycles. The van der Waals surface area contributed by atoms with Crippen molar-refractivity contribution < 1.29 is 0 Å². The van der Waals surface area contributed by atoms with Gasteiger partial charge in [0.15, 0.2) is 0 Å². The minimum Gasteiger partial charge on any atom is -0.311 e. The van der Waals surface area contributed by atoms with Crippen LogP contribution in [0.3, 0.4) is 0 Å². The zero-order valence-electron chi connectivity index (χ0n) is 11.0. The van der Waals surface area contributed by atoms with Crippen LogP contribution in [0.5, 0.6) is 0 Å². The van der Waals surface area contributed by atoms with Crippen molar-refractivity contribution in [1.82, 2.24) is 20.1 Å². The number of rotatable bonds is 6. The summed E-state index contributed by atoms with van der Waals surface area (Å²) in [6.45, 7) is 3.13. The van der Waals surface area contributed by atoms with Gasteiger partial charge in [-0.3, -0.25) is 9.67 Å². The van der Waals surface area contributed by atoms with Crippen LogP contribution in [0.1, 0.15) is 30.6 Å². The van der Waals surface area contributed by atoms with E-state index in [2.05, 4.69) is 39.1 Å². The fraction of sp³-hybridized carbons (Fsp3) is 0.429. The average molecular weight is 244 g/mol. The number of hydrogen-bond donors (Lipinski definition) is 1. The van der Waals surface area contributed by atoms with E-state index >= 15 is 0 Å². The summed E-state index contributed by atoms with van der Waals surface area (Å²) in [7, 11) is 1.99. The van der Waals surface area contributed by atoms with Crippen LogP contribution in [-0.4, -0.2) is 21.8 Å². The zero-order chi connectivity index (χ0) is 12.8. The van der Waals surface area contributed by atoms with Crippen LogP contribution in [0.2, 0.25) is 0 Å². The molecule has 2 rings (SSSR count). The highest BCUT2D eigenvalue weighted by molar-refractivity contribution is 5.15. The van der Waals surface area contributed by atoms with Crippen LogP contribution >= 0.6 is 0 Å². The van der Waals surface area contributed by atoms with Crippen LogP contribution in [0.15, 0.2) is 36.8 Å². The zero-order valence-corrected chi connectivity index (χ0v) is 11.0. The van der Waals surface area contributed by atoms with Crippen LogP contribution in [0, 0.1) is 0 Å². The first kappa shape index (κ1) is 12.8. The van der Waals surface area contributed by atoms with Gasteiger partial charge in [0.25, 0.3) is 0 Å². The molecule has 0 aliphatic heterocycles. The van der Waals surface area contributed by atoms with Gasteiger partial charge < -0.3 is 5.32 Å². The smallest absolute Gasteiger partial charge is 0.0556 e. The van der Waals surface area contributed by atoms with Gasteiger partial charge in [0.2, 0.25) is 0 Å². The van der Waals surface area contributed by atoms with E-state index in [-0.39, 0.29) is 6.04 Å². The van der Waals surface area contributed by atoms with Gasteiger partial charge >= 0.3 is 0 Å². The van der Waals surface area contributed by atoms with Crippen molar-refractivity contribution in [3.63, 3.8) is 0 Å². The fourth-order valence-corrected chi connectivity index (χ4v) is 2.15. The molecular formula is C14H20N4. The van der Waals surface area contributed by atoms with Gasteiger partial charge in [-0.25, -0.2) is 0 Å². The van der Waals surface area contributed by atoms with E-state index in [4.69, 9.17) is 0 Å². The number of hydrogen-bond acceptors (Lipinski definition) is 3. The summed E-state index contributed by atoms with van der Waals surface area (Å²) >= 11 is 0. The molecule has 2 heterocycles. The Bertz CT molecular complexity index is 464. The first-order valence-corrected chi connectivity index (χ1v) is 6.43. The number of nitrogens with zero attached hydrogens (tertiary/aromatic N) is 3. The number of likely N-dealkylation sites (N-methyl/N-ethyl adjacent to an activating group) is 1. The summed E-state index contributed by atoms with van der Waals surface area (Å²) in [5.74, 6) is 0. The third-order valence-electron chi connectivity index (χ3n) is 3.05. The van der Waals surface area contributed by atoms with Crippen LogP contribution in [-0.2, 0) is 13.0 Å². The molecule has 96 valence electrons. The number of nitrogens with one attached hydrogen (secondary N) is 1. The third-order valence-corrected chi connectivity index (χ3v) is 3.05. The van der Waals surface area contributed by atoms with Crippen LogP contribution < -0.4 is 5.32 Å². The SMILES string of the molecule is CCCn1nccc1C(Cc1cccnc1)NC. The van der Waals surface area contributed by atoms with E-state index in [9.17, 15) is 0 Å². The second-order valence-electron chi connectivity index (χ2n) is 4.39. The molecule has 0 amide bonds. The van der Waals surface area contributed by atoms with Crippen molar-refractivity contribution in [2.45, 2.75) is 32.4 Å². The molecule has 0 bridgehead atoms. The van der Waals surface area contributed by atoms with E-state index in [1.807, 2.05) is 25.5 Å². The average Bonchev–Trinajstić information content (AvgIpc) is 2.86. The second-order valence-corrected chi connectivity index (χ2v) is 4.39. The topological polar surface area (TPSA) is 42.7 Å². The molecular weight excluding hydrogens is 224 g/mol. The van der Waals surface area contributed by atoms with E-state index in [1.165, 1.54) is 11.3 Å². The van der Waals surface area contributed by atoms with Gasteiger partial charge in [-0.15, -0.1) is 0 Å². The Morgan fingerprint density at radius 1 is 1.33 bits per heavy atom. The molecule has 1 unspecified atom stereocenters. The number of aryl methyl sites for hydroxylation is 1. The molecule has 1 N–H and O–H groups in total.